The summed E-state index contributed by atoms with van der Waals surface area (Å²) in [5.41, 5.74) is 13.1. The summed E-state index contributed by atoms with van der Waals surface area (Å²) < 4.78 is 2.52. The zero-order valence-corrected chi connectivity index (χ0v) is 26.6. The summed E-state index contributed by atoms with van der Waals surface area (Å²) in [6, 6.07) is 48.0. The molecule has 0 atom stereocenters. The summed E-state index contributed by atoms with van der Waals surface area (Å²) in [6.45, 7) is 9.36. The average molecular weight is 588 g/mol. The molecule has 0 bridgehead atoms. The lowest BCUT2D eigenvalue weighted by Crippen LogP contribution is -2.15. The monoisotopic (exact) mass is 587 g/mol. The van der Waals surface area contributed by atoms with Crippen LogP contribution in [0.5, 0.6) is 0 Å². The average Bonchev–Trinajstić information content (AvgIpc) is 3.47. The van der Waals surface area contributed by atoms with Gasteiger partial charge < -0.3 is 4.57 Å². The van der Waals surface area contributed by atoms with Crippen molar-refractivity contribution in [3.63, 3.8) is 0 Å². The van der Waals surface area contributed by atoms with Crippen molar-refractivity contribution in [1.29, 1.82) is 0 Å². The molecule has 0 unspecified atom stereocenters. The smallest absolute Gasteiger partial charge is 0.0613 e. The Kier molecular flexibility index (Phi) is 4.99. The van der Waals surface area contributed by atoms with Crippen LogP contribution in [0.1, 0.15) is 36.2 Å². The van der Waals surface area contributed by atoms with Crippen LogP contribution in [0.15, 0.2) is 127 Å². The van der Waals surface area contributed by atoms with Crippen molar-refractivity contribution in [2.24, 2.45) is 0 Å². The van der Waals surface area contributed by atoms with Crippen LogP contribution in [0, 0.1) is 13.8 Å². The van der Waals surface area contributed by atoms with E-state index in [1.807, 2.05) is 0 Å². The van der Waals surface area contributed by atoms with Gasteiger partial charge in [-0.15, -0.1) is 0 Å². The van der Waals surface area contributed by atoms with Crippen molar-refractivity contribution in [3.05, 3.63) is 150 Å². The Morgan fingerprint density at radius 3 is 1.93 bits per heavy atom. The van der Waals surface area contributed by atoms with Crippen LogP contribution in [-0.4, -0.2) is 4.57 Å². The van der Waals surface area contributed by atoms with Crippen molar-refractivity contribution < 1.29 is 0 Å². The zero-order valence-electron chi connectivity index (χ0n) is 26.6. The molecule has 9 aromatic rings. The molecule has 1 heteroatoms. The molecule has 1 heterocycles. The van der Waals surface area contributed by atoms with Crippen LogP contribution in [-0.2, 0) is 5.41 Å². The molecular formula is C45H33N. The van der Waals surface area contributed by atoms with E-state index in [0.29, 0.717) is 0 Å². The van der Waals surface area contributed by atoms with Crippen molar-refractivity contribution in [3.8, 4) is 27.9 Å². The van der Waals surface area contributed by atoms with Gasteiger partial charge in [-0.1, -0.05) is 111 Å². The van der Waals surface area contributed by atoms with Gasteiger partial charge in [-0.3, -0.25) is 0 Å². The summed E-state index contributed by atoms with van der Waals surface area (Å²) in [5.74, 6) is 0. The SMILES string of the molecule is Cc1c(C)n(-c2ccc3c(c2)C(C)(C)c2cc(-c4ccc5ccccc5c4)ccc2-3)c2c1cc1ccc3cccc4ccc2c1c34. The molecule has 218 valence electrons. The molecule has 10 rings (SSSR count). The van der Waals surface area contributed by atoms with Crippen LogP contribution < -0.4 is 0 Å². The maximum absolute atomic E-state index is 2.52. The summed E-state index contributed by atoms with van der Waals surface area (Å²) in [6.07, 6.45) is 0. The van der Waals surface area contributed by atoms with E-state index in [-0.39, 0.29) is 5.41 Å². The number of aromatic nitrogens is 1. The van der Waals surface area contributed by atoms with Crippen LogP contribution in [0.25, 0.3) is 81.9 Å². The van der Waals surface area contributed by atoms with Gasteiger partial charge in [0, 0.05) is 27.6 Å². The lowest BCUT2D eigenvalue weighted by Gasteiger charge is -2.23. The van der Waals surface area contributed by atoms with Gasteiger partial charge >= 0.3 is 0 Å². The number of fused-ring (bicyclic) bond motifs is 6. The first-order chi connectivity index (χ1) is 22.4. The Labute approximate surface area is 268 Å². The highest BCUT2D eigenvalue weighted by molar-refractivity contribution is 6.29. The van der Waals surface area contributed by atoms with E-state index < -0.39 is 0 Å². The molecular weight excluding hydrogens is 555 g/mol. The molecule has 1 aliphatic rings. The number of nitrogens with zero attached hydrogens (tertiary/aromatic N) is 1. The van der Waals surface area contributed by atoms with E-state index in [2.05, 4.69) is 160 Å². The quantitative estimate of drug-likeness (QED) is 0.177. The molecule has 0 fully saturated rings. The highest BCUT2D eigenvalue weighted by Crippen LogP contribution is 2.51. The maximum atomic E-state index is 2.52. The van der Waals surface area contributed by atoms with Crippen LogP contribution >= 0.6 is 0 Å². The molecule has 1 nitrogen and oxygen atoms in total. The number of aryl methyl sites for hydroxylation is 1. The topological polar surface area (TPSA) is 4.93 Å². The Bertz CT molecular complexity index is 2720. The molecule has 0 saturated carbocycles. The minimum atomic E-state index is -0.120. The lowest BCUT2D eigenvalue weighted by atomic mass is 9.81. The lowest BCUT2D eigenvalue weighted by molar-refractivity contribution is 0.660. The van der Waals surface area contributed by atoms with Crippen molar-refractivity contribution in [2.75, 3.05) is 0 Å². The summed E-state index contributed by atoms with van der Waals surface area (Å²) in [4.78, 5) is 0. The van der Waals surface area contributed by atoms with E-state index in [9.17, 15) is 0 Å². The molecule has 46 heavy (non-hydrogen) atoms. The Balaban J connectivity index is 1.17. The first-order valence-electron chi connectivity index (χ1n) is 16.4. The third kappa shape index (κ3) is 3.30. The second-order valence-electron chi connectivity index (χ2n) is 13.9. The fourth-order valence-corrected chi connectivity index (χ4v) is 8.59. The van der Waals surface area contributed by atoms with Crippen molar-refractivity contribution in [2.45, 2.75) is 33.1 Å². The minimum Gasteiger partial charge on any atom is -0.313 e. The van der Waals surface area contributed by atoms with E-state index in [4.69, 9.17) is 0 Å². The highest BCUT2D eigenvalue weighted by Gasteiger charge is 2.36. The first kappa shape index (κ1) is 25.9. The highest BCUT2D eigenvalue weighted by atomic mass is 15.0. The van der Waals surface area contributed by atoms with Gasteiger partial charge in [-0.05, 0) is 121 Å². The maximum Gasteiger partial charge on any atom is 0.0613 e. The fraction of sp³-hybridized carbons (Fsp3) is 0.111. The Hall–Kier alpha value is -5.40. The second-order valence-corrected chi connectivity index (χ2v) is 13.9. The molecule has 8 aromatic carbocycles. The third-order valence-corrected chi connectivity index (χ3v) is 11.1. The molecule has 0 saturated heterocycles. The van der Waals surface area contributed by atoms with Gasteiger partial charge in [0.15, 0.2) is 0 Å². The van der Waals surface area contributed by atoms with Gasteiger partial charge in [0.25, 0.3) is 0 Å². The first-order valence-corrected chi connectivity index (χ1v) is 16.4. The third-order valence-electron chi connectivity index (χ3n) is 11.1. The number of hydrogen-bond donors (Lipinski definition) is 0. The zero-order chi connectivity index (χ0) is 30.9. The predicted molar refractivity (Wildman–Crippen MR) is 197 cm³/mol. The van der Waals surface area contributed by atoms with E-state index >= 15 is 0 Å². The van der Waals surface area contributed by atoms with Gasteiger partial charge in [0.1, 0.15) is 0 Å². The molecule has 0 N–H and O–H groups in total. The van der Waals surface area contributed by atoms with Gasteiger partial charge in [-0.25, -0.2) is 0 Å². The van der Waals surface area contributed by atoms with E-state index in [0.717, 1.165) is 0 Å². The number of hydrogen-bond acceptors (Lipinski definition) is 0. The summed E-state index contributed by atoms with van der Waals surface area (Å²) in [5, 5.41) is 11.9. The van der Waals surface area contributed by atoms with Gasteiger partial charge in [0.05, 0.1) is 5.52 Å². The van der Waals surface area contributed by atoms with Crippen molar-refractivity contribution >= 4 is 54.0 Å². The normalized spacial score (nSPS) is 13.8. The van der Waals surface area contributed by atoms with Crippen LogP contribution in [0.4, 0.5) is 0 Å². The molecule has 0 aliphatic heterocycles. The molecule has 1 aromatic heterocycles. The van der Waals surface area contributed by atoms with Crippen LogP contribution in [0.2, 0.25) is 0 Å². The standard InChI is InChI=1S/C45H33N/c1-26-27(2)46(44-38-20-16-30-11-7-10-29-13-15-34(23-39(26)44)43(38)42(29)30)35-18-21-37-36-19-17-33(24-40(36)45(3,4)41(37)25-35)32-14-12-28-8-5-6-9-31(28)22-32/h5-25H,1-4H3. The van der Waals surface area contributed by atoms with Gasteiger partial charge in [0.2, 0.25) is 0 Å². The number of benzene rings is 8. The van der Waals surface area contributed by atoms with Gasteiger partial charge in [-0.2, -0.15) is 0 Å². The minimum absolute atomic E-state index is 0.120. The molecule has 1 aliphatic carbocycles. The predicted octanol–water partition coefficient (Wildman–Crippen LogP) is 12.3. The number of rotatable bonds is 2. The molecule has 0 spiro atoms. The Morgan fingerprint density at radius 2 is 1.11 bits per heavy atom. The van der Waals surface area contributed by atoms with Crippen LogP contribution in [0.3, 0.4) is 0 Å². The molecule has 0 amide bonds. The van der Waals surface area contributed by atoms with Crippen molar-refractivity contribution in [1.82, 2.24) is 4.57 Å². The largest absolute Gasteiger partial charge is 0.313 e. The van der Waals surface area contributed by atoms with E-state index in [1.165, 1.54) is 104 Å². The summed E-state index contributed by atoms with van der Waals surface area (Å²) >= 11 is 0. The molecule has 0 radical (unpaired) electrons. The summed E-state index contributed by atoms with van der Waals surface area (Å²) in [7, 11) is 0. The second kappa shape index (κ2) is 8.86. The fourth-order valence-electron chi connectivity index (χ4n) is 8.59. The van der Waals surface area contributed by atoms with E-state index in [1.54, 1.807) is 0 Å². The Morgan fingerprint density at radius 1 is 0.478 bits per heavy atom.